The van der Waals surface area contributed by atoms with Crippen molar-refractivity contribution in [2.45, 2.75) is 25.4 Å². The zero-order chi connectivity index (χ0) is 25.2. The van der Waals surface area contributed by atoms with Crippen LogP contribution in [0.15, 0.2) is 102 Å². The molecule has 2 amide bonds. The van der Waals surface area contributed by atoms with Gasteiger partial charge in [0, 0.05) is 18.0 Å². The maximum absolute atomic E-state index is 13.7. The van der Waals surface area contributed by atoms with Crippen molar-refractivity contribution >= 4 is 23.2 Å². The highest BCUT2D eigenvalue weighted by molar-refractivity contribution is 7.10. The molecule has 36 heavy (non-hydrogen) atoms. The smallest absolute Gasteiger partial charge is 0.247 e. The molecule has 3 aromatic carbocycles. The predicted octanol–water partition coefficient (Wildman–Crippen LogP) is 5.43. The summed E-state index contributed by atoms with van der Waals surface area (Å²) in [5, 5.41) is 5.02. The summed E-state index contributed by atoms with van der Waals surface area (Å²) in [6.07, 6.45) is 0.903. The van der Waals surface area contributed by atoms with Crippen molar-refractivity contribution in [1.29, 1.82) is 0 Å². The summed E-state index contributed by atoms with van der Waals surface area (Å²) < 4.78 is 5.32. The number of benzene rings is 3. The summed E-state index contributed by atoms with van der Waals surface area (Å²) in [6, 6.07) is 30.3. The van der Waals surface area contributed by atoms with Crippen LogP contribution >= 0.6 is 11.3 Å². The lowest BCUT2D eigenvalue weighted by Crippen LogP contribution is -2.45. The Labute approximate surface area is 216 Å². The lowest BCUT2D eigenvalue weighted by molar-refractivity contribution is -0.140. The summed E-state index contributed by atoms with van der Waals surface area (Å²) in [5.41, 5.74) is 2.86. The molecule has 4 rings (SSSR count). The molecule has 0 spiro atoms. The quantitative estimate of drug-likeness (QED) is 0.300. The lowest BCUT2D eigenvalue weighted by atomic mass is 10.0. The fraction of sp³-hybridized carbons (Fsp3) is 0.200. The average Bonchev–Trinajstić information content (AvgIpc) is 3.44. The molecule has 1 aromatic heterocycles. The van der Waals surface area contributed by atoms with Crippen LogP contribution in [0.2, 0.25) is 0 Å². The van der Waals surface area contributed by atoms with Gasteiger partial charge >= 0.3 is 0 Å². The average molecular weight is 499 g/mol. The molecule has 0 aliphatic carbocycles. The topological polar surface area (TPSA) is 58.6 Å². The second-order valence-electron chi connectivity index (χ2n) is 8.46. The second-order valence-corrected chi connectivity index (χ2v) is 9.49. The molecule has 5 nitrogen and oxygen atoms in total. The van der Waals surface area contributed by atoms with E-state index in [-0.39, 0.29) is 18.2 Å². The zero-order valence-electron chi connectivity index (χ0n) is 20.3. The molecular weight excluding hydrogens is 468 g/mol. The highest BCUT2D eigenvalue weighted by Gasteiger charge is 2.31. The van der Waals surface area contributed by atoms with Gasteiger partial charge in [0.2, 0.25) is 11.8 Å². The fourth-order valence-corrected chi connectivity index (χ4v) is 4.79. The van der Waals surface area contributed by atoms with E-state index in [4.69, 9.17) is 4.74 Å². The number of hydrogen-bond donors (Lipinski definition) is 1. The van der Waals surface area contributed by atoms with Crippen molar-refractivity contribution in [2.24, 2.45) is 0 Å². The number of rotatable bonds is 11. The van der Waals surface area contributed by atoms with Crippen LogP contribution in [-0.2, 0) is 29.0 Å². The number of methoxy groups -OCH3 is 1. The Morgan fingerprint density at radius 3 is 2.14 bits per heavy atom. The molecule has 0 saturated carbocycles. The SMILES string of the molecule is COc1ccc(C(C(=O)NCc2ccccc2)N(CCc2ccccc2)C(=O)Cc2cccs2)cc1. The van der Waals surface area contributed by atoms with E-state index in [2.05, 4.69) is 5.32 Å². The van der Waals surface area contributed by atoms with E-state index in [0.29, 0.717) is 25.3 Å². The van der Waals surface area contributed by atoms with Crippen LogP contribution in [0.1, 0.15) is 27.6 Å². The third kappa shape index (κ3) is 6.83. The van der Waals surface area contributed by atoms with Gasteiger partial charge in [0.15, 0.2) is 0 Å². The highest BCUT2D eigenvalue weighted by atomic mass is 32.1. The van der Waals surface area contributed by atoms with E-state index < -0.39 is 6.04 Å². The summed E-state index contributed by atoms with van der Waals surface area (Å²) in [6.45, 7) is 0.807. The number of amides is 2. The van der Waals surface area contributed by atoms with Crippen molar-refractivity contribution in [1.82, 2.24) is 10.2 Å². The van der Waals surface area contributed by atoms with Gasteiger partial charge in [0.1, 0.15) is 11.8 Å². The fourth-order valence-electron chi connectivity index (χ4n) is 4.10. The lowest BCUT2D eigenvalue weighted by Gasteiger charge is -2.32. The molecule has 0 radical (unpaired) electrons. The van der Waals surface area contributed by atoms with Crippen molar-refractivity contribution < 1.29 is 14.3 Å². The molecule has 0 aliphatic rings. The Morgan fingerprint density at radius 2 is 1.53 bits per heavy atom. The molecule has 1 N–H and O–H groups in total. The van der Waals surface area contributed by atoms with Crippen LogP contribution in [0.4, 0.5) is 0 Å². The van der Waals surface area contributed by atoms with Gasteiger partial charge in [-0.2, -0.15) is 0 Å². The van der Waals surface area contributed by atoms with Crippen LogP contribution in [0.5, 0.6) is 5.75 Å². The van der Waals surface area contributed by atoms with Crippen molar-refractivity contribution in [3.8, 4) is 5.75 Å². The number of carbonyl (C=O) groups excluding carboxylic acids is 2. The molecule has 1 unspecified atom stereocenters. The van der Waals surface area contributed by atoms with Crippen LogP contribution in [0.25, 0.3) is 0 Å². The van der Waals surface area contributed by atoms with Gasteiger partial charge < -0.3 is 15.0 Å². The normalized spacial score (nSPS) is 11.5. The van der Waals surface area contributed by atoms with Crippen LogP contribution < -0.4 is 10.1 Å². The van der Waals surface area contributed by atoms with Crippen molar-refractivity contribution in [3.05, 3.63) is 124 Å². The number of hydrogen-bond acceptors (Lipinski definition) is 4. The van der Waals surface area contributed by atoms with E-state index in [1.807, 2.05) is 102 Å². The Balaban J connectivity index is 1.64. The van der Waals surface area contributed by atoms with Crippen molar-refractivity contribution in [3.63, 3.8) is 0 Å². The maximum Gasteiger partial charge on any atom is 0.247 e. The summed E-state index contributed by atoms with van der Waals surface area (Å²) >= 11 is 1.55. The molecule has 0 bridgehead atoms. The van der Waals surface area contributed by atoms with Gasteiger partial charge in [-0.15, -0.1) is 11.3 Å². The van der Waals surface area contributed by atoms with Gasteiger partial charge in [-0.05, 0) is 46.7 Å². The molecular formula is C30H30N2O3S. The van der Waals surface area contributed by atoms with Crippen LogP contribution in [0, 0.1) is 0 Å². The monoisotopic (exact) mass is 498 g/mol. The first-order chi connectivity index (χ1) is 17.6. The standard InChI is InChI=1S/C30H30N2O3S/c1-35-26-16-14-25(15-17-26)29(30(34)31-22-24-11-6-3-7-12-24)32(19-18-23-9-4-2-5-10-23)28(33)21-27-13-8-20-36-27/h2-17,20,29H,18-19,21-22H2,1H3,(H,31,34). The highest BCUT2D eigenvalue weighted by Crippen LogP contribution is 2.26. The third-order valence-electron chi connectivity index (χ3n) is 6.01. The Bertz CT molecular complexity index is 1230. The minimum atomic E-state index is -0.768. The summed E-state index contributed by atoms with van der Waals surface area (Å²) in [7, 11) is 1.61. The molecule has 0 aliphatic heterocycles. The van der Waals surface area contributed by atoms with Gasteiger partial charge in [-0.25, -0.2) is 0 Å². The van der Waals surface area contributed by atoms with Gasteiger partial charge in [-0.3, -0.25) is 9.59 Å². The van der Waals surface area contributed by atoms with E-state index >= 15 is 0 Å². The largest absolute Gasteiger partial charge is 0.497 e. The van der Waals surface area contributed by atoms with E-state index in [0.717, 1.165) is 21.6 Å². The molecule has 1 atom stereocenters. The third-order valence-corrected chi connectivity index (χ3v) is 6.89. The van der Waals surface area contributed by atoms with E-state index in [1.54, 1.807) is 23.3 Å². The molecule has 0 fully saturated rings. The van der Waals surface area contributed by atoms with Gasteiger partial charge in [-0.1, -0.05) is 78.9 Å². The minimum absolute atomic E-state index is 0.0796. The first-order valence-electron chi connectivity index (χ1n) is 12.0. The second kappa shape index (κ2) is 12.7. The van der Waals surface area contributed by atoms with E-state index in [1.165, 1.54) is 0 Å². The molecule has 4 aromatic rings. The van der Waals surface area contributed by atoms with Crippen LogP contribution in [0.3, 0.4) is 0 Å². The predicted molar refractivity (Wildman–Crippen MR) is 144 cm³/mol. The van der Waals surface area contributed by atoms with E-state index in [9.17, 15) is 9.59 Å². The zero-order valence-corrected chi connectivity index (χ0v) is 21.1. The molecule has 6 heteroatoms. The molecule has 184 valence electrons. The minimum Gasteiger partial charge on any atom is -0.497 e. The van der Waals surface area contributed by atoms with Crippen LogP contribution in [-0.4, -0.2) is 30.4 Å². The summed E-state index contributed by atoms with van der Waals surface area (Å²) in [4.78, 5) is 30.1. The molecule has 1 heterocycles. The maximum atomic E-state index is 13.7. The number of ether oxygens (including phenoxy) is 1. The van der Waals surface area contributed by atoms with Gasteiger partial charge in [0.05, 0.1) is 13.5 Å². The van der Waals surface area contributed by atoms with Gasteiger partial charge in [0.25, 0.3) is 0 Å². The first kappa shape index (κ1) is 25.2. The number of thiophene rings is 1. The summed E-state index contributed by atoms with van der Waals surface area (Å²) in [5.74, 6) is 0.406. The Kier molecular flexibility index (Phi) is 8.89. The number of nitrogens with zero attached hydrogens (tertiary/aromatic N) is 1. The number of carbonyl (C=O) groups is 2. The Hall–Kier alpha value is -3.90. The van der Waals surface area contributed by atoms with Crippen molar-refractivity contribution in [2.75, 3.05) is 13.7 Å². The number of nitrogens with one attached hydrogen (secondary N) is 1. The Morgan fingerprint density at radius 1 is 0.861 bits per heavy atom. The molecule has 0 saturated heterocycles. The first-order valence-corrected chi connectivity index (χ1v) is 12.8.